The molecule has 1 aliphatic heterocycles. The van der Waals surface area contributed by atoms with Gasteiger partial charge in [-0.1, -0.05) is 37.3 Å². The minimum Gasteiger partial charge on any atom is -0.294 e. The number of anilines is 1. The molecule has 29 heavy (non-hydrogen) atoms. The van der Waals surface area contributed by atoms with E-state index in [-0.39, 0.29) is 23.8 Å². The fourth-order valence-corrected chi connectivity index (χ4v) is 4.44. The third-order valence-corrected chi connectivity index (χ3v) is 5.77. The standard InChI is InChI=1S/C23H22N2O4/c1-2-15-7-3-4-10-19(15)24-20-11-6-12-21(26)23(20)18(14-22(24)27)16-8-5-9-17(13-16)25(28)29/h3-5,7-10,13,18H,2,6,11-12,14H2,1H3. The van der Waals surface area contributed by atoms with Crippen molar-refractivity contribution in [2.45, 2.75) is 44.9 Å². The van der Waals surface area contributed by atoms with Crippen molar-refractivity contribution in [3.8, 4) is 0 Å². The molecule has 0 N–H and O–H groups in total. The lowest BCUT2D eigenvalue weighted by Gasteiger charge is -2.39. The number of benzene rings is 2. The summed E-state index contributed by atoms with van der Waals surface area (Å²) in [6.45, 7) is 2.04. The molecule has 0 saturated carbocycles. The van der Waals surface area contributed by atoms with Gasteiger partial charge in [0.25, 0.3) is 5.69 Å². The van der Waals surface area contributed by atoms with Gasteiger partial charge in [0.15, 0.2) is 5.78 Å². The molecule has 6 nitrogen and oxygen atoms in total. The molecule has 2 aromatic carbocycles. The van der Waals surface area contributed by atoms with Gasteiger partial charge in [0.1, 0.15) is 0 Å². The molecule has 1 atom stereocenters. The molecule has 1 heterocycles. The van der Waals surface area contributed by atoms with Crippen molar-refractivity contribution in [2.75, 3.05) is 4.90 Å². The molecule has 0 aromatic heterocycles. The highest BCUT2D eigenvalue weighted by molar-refractivity contribution is 6.07. The van der Waals surface area contributed by atoms with E-state index in [1.54, 1.807) is 17.0 Å². The molecule has 0 fully saturated rings. The number of hydrogen-bond donors (Lipinski definition) is 0. The average Bonchev–Trinajstić information content (AvgIpc) is 2.73. The molecule has 6 heteroatoms. The first-order valence-electron chi connectivity index (χ1n) is 9.92. The van der Waals surface area contributed by atoms with Crippen LogP contribution < -0.4 is 4.90 Å². The fourth-order valence-electron chi connectivity index (χ4n) is 4.44. The van der Waals surface area contributed by atoms with Crippen molar-refractivity contribution in [3.63, 3.8) is 0 Å². The van der Waals surface area contributed by atoms with E-state index in [1.807, 2.05) is 31.2 Å². The van der Waals surface area contributed by atoms with Crippen LogP contribution in [0.3, 0.4) is 0 Å². The third kappa shape index (κ3) is 3.35. The molecule has 0 radical (unpaired) electrons. The highest BCUT2D eigenvalue weighted by Gasteiger charge is 2.40. The Morgan fingerprint density at radius 1 is 1.10 bits per heavy atom. The molecule has 2 aromatic rings. The van der Waals surface area contributed by atoms with Crippen LogP contribution in [0.25, 0.3) is 0 Å². The summed E-state index contributed by atoms with van der Waals surface area (Å²) in [6, 6.07) is 14.1. The van der Waals surface area contributed by atoms with E-state index in [1.165, 1.54) is 12.1 Å². The number of rotatable bonds is 4. The summed E-state index contributed by atoms with van der Waals surface area (Å²) in [5.74, 6) is -0.472. The molecular weight excluding hydrogens is 368 g/mol. The quantitative estimate of drug-likeness (QED) is 0.560. The smallest absolute Gasteiger partial charge is 0.269 e. The van der Waals surface area contributed by atoms with E-state index in [0.717, 1.165) is 23.4 Å². The summed E-state index contributed by atoms with van der Waals surface area (Å²) >= 11 is 0. The van der Waals surface area contributed by atoms with Crippen LogP contribution in [0.2, 0.25) is 0 Å². The van der Waals surface area contributed by atoms with Crippen LogP contribution in [-0.4, -0.2) is 16.6 Å². The van der Waals surface area contributed by atoms with Gasteiger partial charge in [0.05, 0.1) is 10.6 Å². The van der Waals surface area contributed by atoms with Gasteiger partial charge in [0, 0.05) is 42.2 Å². The topological polar surface area (TPSA) is 80.5 Å². The molecule has 0 spiro atoms. The Labute approximate surface area is 169 Å². The number of hydrogen-bond acceptors (Lipinski definition) is 4. The number of para-hydroxylation sites is 1. The molecule has 1 unspecified atom stereocenters. The van der Waals surface area contributed by atoms with Gasteiger partial charge in [-0.15, -0.1) is 0 Å². The Kier molecular flexibility index (Phi) is 5.01. The first-order valence-corrected chi connectivity index (χ1v) is 9.92. The van der Waals surface area contributed by atoms with E-state index in [0.29, 0.717) is 30.4 Å². The molecule has 0 saturated heterocycles. The average molecular weight is 390 g/mol. The molecule has 0 bridgehead atoms. The SMILES string of the molecule is CCc1ccccc1N1C(=O)CC(c2cccc([N+](=O)[O-])c2)C2=C1CCCC2=O. The van der Waals surface area contributed by atoms with Crippen LogP contribution in [0.5, 0.6) is 0 Å². The molecule has 148 valence electrons. The summed E-state index contributed by atoms with van der Waals surface area (Å²) in [5, 5.41) is 11.2. The van der Waals surface area contributed by atoms with Crippen molar-refractivity contribution in [1.29, 1.82) is 0 Å². The Morgan fingerprint density at radius 3 is 2.66 bits per heavy atom. The Bertz CT molecular complexity index is 1040. The zero-order valence-corrected chi connectivity index (χ0v) is 16.3. The fraction of sp³-hybridized carbons (Fsp3) is 0.304. The second-order valence-corrected chi connectivity index (χ2v) is 7.46. The lowest BCUT2D eigenvalue weighted by Crippen LogP contribution is -2.41. The second-order valence-electron chi connectivity index (χ2n) is 7.46. The van der Waals surface area contributed by atoms with Gasteiger partial charge in [-0.05, 0) is 36.5 Å². The number of nitro benzene ring substituents is 1. The highest BCUT2D eigenvalue weighted by Crippen LogP contribution is 2.44. The molecule has 1 amide bonds. The lowest BCUT2D eigenvalue weighted by atomic mass is 9.77. The van der Waals surface area contributed by atoms with Crippen LogP contribution in [0.4, 0.5) is 11.4 Å². The number of Topliss-reactive ketones (excluding diaryl/α,β-unsaturated/α-hetero) is 1. The molecular formula is C23H22N2O4. The van der Waals surface area contributed by atoms with Gasteiger partial charge >= 0.3 is 0 Å². The zero-order chi connectivity index (χ0) is 20.5. The van der Waals surface area contributed by atoms with Gasteiger partial charge in [-0.25, -0.2) is 0 Å². The third-order valence-electron chi connectivity index (χ3n) is 5.77. The maximum atomic E-state index is 13.3. The van der Waals surface area contributed by atoms with Crippen LogP contribution in [0.1, 0.15) is 49.7 Å². The number of non-ortho nitro benzene ring substituents is 1. The largest absolute Gasteiger partial charge is 0.294 e. The van der Waals surface area contributed by atoms with E-state index < -0.39 is 10.8 Å². The monoisotopic (exact) mass is 390 g/mol. The minimum atomic E-state index is -0.448. The molecule has 4 rings (SSSR count). The first kappa shape index (κ1) is 19.1. The number of nitrogens with zero attached hydrogens (tertiary/aromatic N) is 2. The van der Waals surface area contributed by atoms with Crippen molar-refractivity contribution in [1.82, 2.24) is 0 Å². The maximum Gasteiger partial charge on any atom is 0.269 e. The Balaban J connectivity index is 1.87. The summed E-state index contributed by atoms with van der Waals surface area (Å²) in [5.41, 5.74) is 3.91. The second kappa shape index (κ2) is 7.62. The van der Waals surface area contributed by atoms with Gasteiger partial charge in [-0.3, -0.25) is 24.6 Å². The number of ketones is 1. The number of nitro groups is 1. The zero-order valence-electron chi connectivity index (χ0n) is 16.3. The number of aryl methyl sites for hydroxylation is 1. The van der Waals surface area contributed by atoms with Crippen LogP contribution in [0, 0.1) is 10.1 Å². The number of carbonyl (C=O) groups excluding carboxylic acids is 2. The Morgan fingerprint density at radius 2 is 1.90 bits per heavy atom. The van der Waals surface area contributed by atoms with Crippen molar-refractivity contribution in [2.24, 2.45) is 0 Å². The van der Waals surface area contributed by atoms with Gasteiger partial charge in [-0.2, -0.15) is 0 Å². The van der Waals surface area contributed by atoms with Crippen molar-refractivity contribution >= 4 is 23.1 Å². The van der Waals surface area contributed by atoms with Crippen molar-refractivity contribution < 1.29 is 14.5 Å². The normalized spacial score (nSPS) is 19.3. The number of allylic oxidation sites excluding steroid dienone is 2. The molecule has 1 aliphatic carbocycles. The number of amides is 1. The number of carbonyl (C=O) groups is 2. The van der Waals surface area contributed by atoms with Crippen LogP contribution >= 0.6 is 0 Å². The van der Waals surface area contributed by atoms with Gasteiger partial charge < -0.3 is 0 Å². The lowest BCUT2D eigenvalue weighted by molar-refractivity contribution is -0.384. The van der Waals surface area contributed by atoms with E-state index >= 15 is 0 Å². The molecule has 2 aliphatic rings. The van der Waals surface area contributed by atoms with Crippen LogP contribution in [0.15, 0.2) is 59.8 Å². The predicted octanol–water partition coefficient (Wildman–Crippen LogP) is 4.68. The summed E-state index contributed by atoms with van der Waals surface area (Å²) < 4.78 is 0. The van der Waals surface area contributed by atoms with Crippen molar-refractivity contribution in [3.05, 3.63) is 81.0 Å². The Hall–Kier alpha value is -3.28. The minimum absolute atomic E-state index is 0.0286. The van der Waals surface area contributed by atoms with Crippen LogP contribution in [-0.2, 0) is 16.0 Å². The highest BCUT2D eigenvalue weighted by atomic mass is 16.6. The summed E-state index contributed by atoms with van der Waals surface area (Å²) in [6.07, 6.45) is 2.71. The van der Waals surface area contributed by atoms with E-state index in [2.05, 4.69) is 0 Å². The van der Waals surface area contributed by atoms with Gasteiger partial charge in [0.2, 0.25) is 5.91 Å². The summed E-state index contributed by atoms with van der Waals surface area (Å²) in [4.78, 5) is 38.7. The maximum absolute atomic E-state index is 13.3. The predicted molar refractivity (Wildman–Crippen MR) is 110 cm³/mol. The van der Waals surface area contributed by atoms with E-state index in [9.17, 15) is 19.7 Å². The van der Waals surface area contributed by atoms with E-state index in [4.69, 9.17) is 0 Å². The first-order chi connectivity index (χ1) is 14.0. The summed E-state index contributed by atoms with van der Waals surface area (Å²) in [7, 11) is 0.